The maximum Gasteiger partial charge on any atom is 0.253 e. The number of carbonyl (C=O) groups excluding carboxylic acids is 1. The second kappa shape index (κ2) is 6.05. The highest BCUT2D eigenvalue weighted by Gasteiger charge is 2.35. The molecular weight excluding hydrogens is 317 g/mol. The molecule has 5 nitrogen and oxygen atoms in total. The van der Waals surface area contributed by atoms with Gasteiger partial charge in [0.2, 0.25) is 0 Å². The third-order valence-corrected chi connectivity index (χ3v) is 4.97. The Morgan fingerprint density at radius 3 is 3.00 bits per heavy atom. The van der Waals surface area contributed by atoms with Gasteiger partial charge in [0.15, 0.2) is 4.77 Å². The predicted molar refractivity (Wildman–Crippen MR) is 88.4 cm³/mol. The van der Waals surface area contributed by atoms with E-state index in [4.69, 9.17) is 12.2 Å². The lowest BCUT2D eigenvalue weighted by molar-refractivity contribution is 0.00191. The van der Waals surface area contributed by atoms with Crippen molar-refractivity contribution < 1.29 is 14.3 Å². The molecule has 4 N–H and O–H groups in total. The average Bonchev–Trinajstić information content (AvgIpc) is 2.87. The van der Waals surface area contributed by atoms with E-state index < -0.39 is 11.9 Å². The summed E-state index contributed by atoms with van der Waals surface area (Å²) in [5.41, 5.74) is 0.819. The third-order valence-electron chi connectivity index (χ3n) is 4.77. The van der Waals surface area contributed by atoms with Gasteiger partial charge in [-0.2, -0.15) is 0 Å². The molecule has 1 aliphatic carbocycles. The molecule has 1 saturated carbocycles. The van der Waals surface area contributed by atoms with Crippen LogP contribution in [0.2, 0.25) is 0 Å². The van der Waals surface area contributed by atoms with Gasteiger partial charge in [-0.3, -0.25) is 4.79 Å². The average molecular weight is 337 g/mol. The number of halogens is 1. The van der Waals surface area contributed by atoms with Crippen LogP contribution in [-0.4, -0.2) is 33.6 Å². The second-order valence-electron chi connectivity index (χ2n) is 6.55. The summed E-state index contributed by atoms with van der Waals surface area (Å²) in [5, 5.41) is 13.0. The molecule has 1 fully saturated rings. The fourth-order valence-electron chi connectivity index (χ4n) is 3.25. The Kier molecular flexibility index (Phi) is 4.25. The number of hydrogen-bond donors (Lipinski definition) is 4. The number of carbonyl (C=O) groups is 1. The number of benzene rings is 1. The minimum atomic E-state index is -0.503. The zero-order chi connectivity index (χ0) is 16.6. The van der Waals surface area contributed by atoms with Gasteiger partial charge in [-0.15, -0.1) is 0 Å². The van der Waals surface area contributed by atoms with Gasteiger partial charge in [0, 0.05) is 12.0 Å². The first-order valence-electron chi connectivity index (χ1n) is 7.77. The molecule has 1 aliphatic rings. The molecule has 7 heteroatoms. The number of imidazole rings is 1. The molecule has 0 bridgehead atoms. The maximum absolute atomic E-state index is 13.7. The van der Waals surface area contributed by atoms with Crippen molar-refractivity contribution in [2.45, 2.75) is 38.7 Å². The summed E-state index contributed by atoms with van der Waals surface area (Å²) >= 11 is 5.00. The molecule has 23 heavy (non-hydrogen) atoms. The van der Waals surface area contributed by atoms with Gasteiger partial charge in [0.05, 0.1) is 22.7 Å². The first-order valence-corrected chi connectivity index (χ1v) is 8.18. The summed E-state index contributed by atoms with van der Waals surface area (Å²) in [7, 11) is 0. The van der Waals surface area contributed by atoms with Crippen molar-refractivity contribution in [1.29, 1.82) is 0 Å². The van der Waals surface area contributed by atoms with Crippen molar-refractivity contribution in [2.75, 3.05) is 6.54 Å². The molecule has 0 unspecified atom stereocenters. The lowest BCUT2D eigenvalue weighted by Gasteiger charge is -2.38. The summed E-state index contributed by atoms with van der Waals surface area (Å²) in [6.07, 6.45) is 3.23. The first-order chi connectivity index (χ1) is 10.9. The number of aliphatic hydroxyl groups is 1. The number of amides is 1. The van der Waals surface area contributed by atoms with Crippen LogP contribution in [0.25, 0.3) is 11.0 Å². The van der Waals surface area contributed by atoms with Crippen molar-refractivity contribution in [3.63, 3.8) is 0 Å². The molecule has 3 rings (SSSR count). The van der Waals surface area contributed by atoms with Crippen LogP contribution in [-0.2, 0) is 0 Å². The molecule has 0 aliphatic heterocycles. The first kappa shape index (κ1) is 16.1. The molecule has 0 radical (unpaired) electrons. The van der Waals surface area contributed by atoms with Crippen LogP contribution in [0.1, 0.15) is 43.0 Å². The Labute approximate surface area is 138 Å². The minimum absolute atomic E-state index is 0.209. The molecule has 124 valence electrons. The lowest BCUT2D eigenvalue weighted by atomic mass is 9.73. The molecule has 1 heterocycles. The highest BCUT2D eigenvalue weighted by atomic mass is 32.1. The maximum atomic E-state index is 13.7. The normalized spacial score (nSPS) is 24.7. The Morgan fingerprint density at radius 1 is 1.48 bits per heavy atom. The van der Waals surface area contributed by atoms with Crippen molar-refractivity contribution in [3.8, 4) is 0 Å². The van der Waals surface area contributed by atoms with E-state index in [1.165, 1.54) is 12.1 Å². The fourth-order valence-corrected chi connectivity index (χ4v) is 3.46. The zero-order valence-corrected chi connectivity index (χ0v) is 13.7. The van der Waals surface area contributed by atoms with Gasteiger partial charge in [0.25, 0.3) is 5.91 Å². The molecule has 0 spiro atoms. The largest absolute Gasteiger partial charge is 0.392 e. The molecule has 0 saturated heterocycles. The molecule has 2 atom stereocenters. The van der Waals surface area contributed by atoms with Gasteiger partial charge in [-0.05, 0) is 37.2 Å². The quantitative estimate of drug-likeness (QED) is 0.650. The minimum Gasteiger partial charge on any atom is -0.392 e. The van der Waals surface area contributed by atoms with Gasteiger partial charge >= 0.3 is 0 Å². The topological polar surface area (TPSA) is 80.9 Å². The van der Waals surface area contributed by atoms with E-state index in [2.05, 4.69) is 15.3 Å². The highest BCUT2D eigenvalue weighted by Crippen LogP contribution is 2.35. The van der Waals surface area contributed by atoms with Crippen LogP contribution in [0, 0.1) is 16.0 Å². The van der Waals surface area contributed by atoms with Gasteiger partial charge in [-0.1, -0.05) is 19.8 Å². The van der Waals surface area contributed by atoms with Crippen molar-refractivity contribution >= 4 is 29.2 Å². The number of hydrogen-bond acceptors (Lipinski definition) is 3. The predicted octanol–water partition coefficient (Wildman–Crippen LogP) is 3.04. The van der Waals surface area contributed by atoms with Crippen LogP contribution in [0.3, 0.4) is 0 Å². The van der Waals surface area contributed by atoms with E-state index in [0.717, 1.165) is 25.7 Å². The van der Waals surface area contributed by atoms with E-state index in [1.807, 2.05) is 6.92 Å². The van der Waals surface area contributed by atoms with Crippen LogP contribution < -0.4 is 5.32 Å². The molecule has 1 amide bonds. The summed E-state index contributed by atoms with van der Waals surface area (Å²) < 4.78 is 14.1. The Morgan fingerprint density at radius 2 is 2.26 bits per heavy atom. The number of aromatic amines is 2. The lowest BCUT2D eigenvalue weighted by Crippen LogP contribution is -2.45. The smallest absolute Gasteiger partial charge is 0.253 e. The summed E-state index contributed by atoms with van der Waals surface area (Å²) in [4.78, 5) is 18.2. The number of aliphatic hydroxyl groups excluding tert-OH is 1. The number of rotatable bonds is 3. The number of nitrogens with one attached hydrogen (secondary N) is 3. The fraction of sp³-hybridized carbons (Fsp3) is 0.500. The Bertz CT molecular complexity index is 800. The highest BCUT2D eigenvalue weighted by molar-refractivity contribution is 7.71. The van der Waals surface area contributed by atoms with E-state index in [0.29, 0.717) is 22.3 Å². The van der Waals surface area contributed by atoms with Crippen molar-refractivity contribution in [2.24, 2.45) is 5.41 Å². The van der Waals surface area contributed by atoms with Crippen LogP contribution in [0.5, 0.6) is 0 Å². The number of fused-ring (bicyclic) bond motifs is 1. The van der Waals surface area contributed by atoms with Gasteiger partial charge in [-0.25, -0.2) is 4.39 Å². The van der Waals surface area contributed by atoms with Crippen molar-refractivity contribution in [3.05, 3.63) is 28.3 Å². The summed E-state index contributed by atoms with van der Waals surface area (Å²) in [5.74, 6) is -0.879. The van der Waals surface area contributed by atoms with Gasteiger partial charge in [0.1, 0.15) is 5.82 Å². The summed E-state index contributed by atoms with van der Waals surface area (Å²) in [6, 6.07) is 2.49. The third kappa shape index (κ3) is 3.16. The molecule has 1 aromatic carbocycles. The monoisotopic (exact) mass is 337 g/mol. The van der Waals surface area contributed by atoms with E-state index >= 15 is 0 Å². The van der Waals surface area contributed by atoms with E-state index in [-0.39, 0.29) is 16.9 Å². The van der Waals surface area contributed by atoms with Crippen LogP contribution >= 0.6 is 12.2 Å². The molecule has 2 aromatic rings. The Balaban J connectivity index is 1.82. The van der Waals surface area contributed by atoms with Crippen molar-refractivity contribution in [1.82, 2.24) is 15.3 Å². The number of aromatic nitrogens is 2. The van der Waals surface area contributed by atoms with Crippen LogP contribution in [0.4, 0.5) is 4.39 Å². The molecular formula is C16H20FN3O2S. The summed E-state index contributed by atoms with van der Waals surface area (Å²) in [6.45, 7) is 2.33. The second-order valence-corrected chi connectivity index (χ2v) is 6.96. The number of H-pyrrole nitrogens is 2. The Hall–Kier alpha value is -1.73. The zero-order valence-electron chi connectivity index (χ0n) is 12.9. The van der Waals surface area contributed by atoms with E-state index in [9.17, 15) is 14.3 Å². The van der Waals surface area contributed by atoms with Crippen LogP contribution in [0.15, 0.2) is 12.1 Å². The standard InChI is InChI=1S/C16H20FN3O2S/c1-16(5-3-2-4-12(16)21)8-18-14(22)10-6-9(17)7-11-13(10)20-15(23)19-11/h6-7,12,21H,2-5,8H2,1H3,(H,18,22)(H2,19,20,23)/t12-,16+/m1/s1. The van der Waals surface area contributed by atoms with E-state index in [1.54, 1.807) is 0 Å². The molecule has 1 aromatic heterocycles. The van der Waals surface area contributed by atoms with Gasteiger partial charge < -0.3 is 20.4 Å². The SMILES string of the molecule is C[C@@]1(CNC(=O)c2cc(F)cc3[nH]c(=S)[nH]c23)CCCC[C@H]1O.